The number of nitrogens with zero attached hydrogens (tertiary/aromatic N) is 2. The van der Waals surface area contributed by atoms with Gasteiger partial charge in [-0.1, -0.05) is 162 Å². The first kappa shape index (κ1) is 35.4. The summed E-state index contributed by atoms with van der Waals surface area (Å²) in [7, 11) is 0. The molecular weight excluding hydrogens is 665 g/mol. The van der Waals surface area contributed by atoms with Crippen LogP contribution in [-0.2, 0) is 5.41 Å². The lowest BCUT2D eigenvalue weighted by Crippen LogP contribution is -2.17. The third-order valence-electron chi connectivity index (χ3n) is 11.2. The zero-order valence-electron chi connectivity index (χ0n) is 29.9. The summed E-state index contributed by atoms with van der Waals surface area (Å²) < 4.78 is 2.43. The molecular formula is C53H46N2. The topological polar surface area (TPSA) is 8.17 Å². The summed E-state index contributed by atoms with van der Waals surface area (Å²) in [5.41, 5.74) is 17.0. The number of benzene rings is 8. The van der Waals surface area contributed by atoms with Gasteiger partial charge in [0.2, 0.25) is 0 Å². The van der Waals surface area contributed by atoms with Crippen molar-refractivity contribution in [2.45, 2.75) is 34.1 Å². The van der Waals surface area contributed by atoms with E-state index in [1.807, 2.05) is 0 Å². The van der Waals surface area contributed by atoms with Crippen molar-refractivity contribution in [3.05, 3.63) is 205 Å². The van der Waals surface area contributed by atoms with Gasteiger partial charge in [-0.2, -0.15) is 0 Å². The number of fused-ring (bicyclic) bond motifs is 6. The SMILES string of the molecule is C.C.CC1(C)c2cc(N(c3ccc(-c4ccccc4)cc3)c3ccc(-c4ccccc4)cc3)ccc2-c2ccc(-n3c4ccccc4c4ccccc43)cc21. The number of rotatable bonds is 6. The van der Waals surface area contributed by atoms with E-state index in [1.54, 1.807) is 0 Å². The van der Waals surface area contributed by atoms with Crippen LogP contribution in [0.25, 0.3) is 60.9 Å². The summed E-state index contributed by atoms with van der Waals surface area (Å²) in [6.07, 6.45) is 0. The molecule has 10 rings (SSSR count). The first-order chi connectivity index (χ1) is 26.0. The Hall–Kier alpha value is -6.64. The Morgan fingerprint density at radius 3 is 1.29 bits per heavy atom. The third kappa shape index (κ3) is 5.82. The molecule has 9 aromatic rings. The highest BCUT2D eigenvalue weighted by Gasteiger charge is 2.36. The standard InChI is InChI=1S/C51H38N2.2CH4/c1-51(2)47-33-41(29-31-43(47)44-32-30-42(34-48(44)51)53-49-19-11-9-17-45(49)46-18-10-12-20-50(46)53)52(39-25-21-37(22-26-39)35-13-5-3-6-14-35)40-27-23-38(24-28-40)36-15-7-4-8-16-36;;/h3-34H,1-2H3;2*1H4. The minimum absolute atomic E-state index is 0. The van der Waals surface area contributed by atoms with Gasteiger partial charge >= 0.3 is 0 Å². The van der Waals surface area contributed by atoms with Gasteiger partial charge in [0.15, 0.2) is 0 Å². The molecule has 0 saturated heterocycles. The summed E-state index contributed by atoms with van der Waals surface area (Å²) in [5.74, 6) is 0. The van der Waals surface area contributed by atoms with Gasteiger partial charge in [0.1, 0.15) is 0 Å². The zero-order valence-corrected chi connectivity index (χ0v) is 29.9. The lowest BCUT2D eigenvalue weighted by Gasteiger charge is -2.28. The van der Waals surface area contributed by atoms with E-state index in [4.69, 9.17) is 0 Å². The predicted octanol–water partition coefficient (Wildman–Crippen LogP) is 15.2. The van der Waals surface area contributed by atoms with Crippen molar-refractivity contribution in [2.75, 3.05) is 4.90 Å². The van der Waals surface area contributed by atoms with Gasteiger partial charge in [0.25, 0.3) is 0 Å². The Balaban J connectivity index is 0.00000214. The fourth-order valence-corrected chi connectivity index (χ4v) is 8.51. The van der Waals surface area contributed by atoms with Crippen LogP contribution in [0.15, 0.2) is 194 Å². The second-order valence-corrected chi connectivity index (χ2v) is 14.6. The lowest BCUT2D eigenvalue weighted by molar-refractivity contribution is 0.660. The van der Waals surface area contributed by atoms with Crippen molar-refractivity contribution in [3.63, 3.8) is 0 Å². The molecule has 0 saturated carbocycles. The monoisotopic (exact) mass is 710 g/mol. The molecule has 0 bridgehead atoms. The van der Waals surface area contributed by atoms with Crippen molar-refractivity contribution in [1.29, 1.82) is 0 Å². The van der Waals surface area contributed by atoms with Crippen LogP contribution >= 0.6 is 0 Å². The van der Waals surface area contributed by atoms with Crippen LogP contribution in [0.4, 0.5) is 17.1 Å². The molecule has 0 fully saturated rings. The first-order valence-corrected chi connectivity index (χ1v) is 18.4. The normalized spacial score (nSPS) is 12.4. The first-order valence-electron chi connectivity index (χ1n) is 18.4. The molecule has 0 aliphatic heterocycles. The maximum atomic E-state index is 2.43. The van der Waals surface area contributed by atoms with Crippen molar-refractivity contribution in [1.82, 2.24) is 4.57 Å². The number of anilines is 3. The van der Waals surface area contributed by atoms with Crippen molar-refractivity contribution < 1.29 is 0 Å². The Morgan fingerprint density at radius 2 is 0.782 bits per heavy atom. The second kappa shape index (κ2) is 14.0. The number of para-hydroxylation sites is 2. The zero-order chi connectivity index (χ0) is 35.5. The van der Waals surface area contributed by atoms with Gasteiger partial charge in [-0.05, 0) is 105 Å². The average molecular weight is 711 g/mol. The maximum Gasteiger partial charge on any atom is 0.0541 e. The van der Waals surface area contributed by atoms with Gasteiger partial charge in [-0.15, -0.1) is 0 Å². The van der Waals surface area contributed by atoms with Crippen LogP contribution < -0.4 is 4.90 Å². The van der Waals surface area contributed by atoms with Crippen molar-refractivity contribution >= 4 is 38.9 Å². The van der Waals surface area contributed by atoms with Crippen LogP contribution in [0, 0.1) is 0 Å². The van der Waals surface area contributed by atoms with Crippen LogP contribution in [0.1, 0.15) is 39.8 Å². The number of hydrogen-bond donors (Lipinski definition) is 0. The average Bonchev–Trinajstić information content (AvgIpc) is 3.67. The van der Waals surface area contributed by atoms with E-state index in [0.29, 0.717) is 0 Å². The molecule has 0 spiro atoms. The lowest BCUT2D eigenvalue weighted by atomic mass is 9.82. The largest absolute Gasteiger partial charge is 0.310 e. The van der Waals surface area contributed by atoms with E-state index in [1.165, 1.54) is 72.0 Å². The molecule has 0 unspecified atom stereocenters. The van der Waals surface area contributed by atoms with Gasteiger partial charge < -0.3 is 9.47 Å². The Bertz CT molecular complexity index is 2640. The van der Waals surface area contributed by atoms with E-state index in [-0.39, 0.29) is 20.3 Å². The van der Waals surface area contributed by atoms with Gasteiger partial charge in [-0.25, -0.2) is 0 Å². The fourth-order valence-electron chi connectivity index (χ4n) is 8.51. The molecule has 1 aliphatic carbocycles. The molecule has 55 heavy (non-hydrogen) atoms. The molecule has 8 aromatic carbocycles. The van der Waals surface area contributed by atoms with E-state index >= 15 is 0 Å². The molecule has 0 radical (unpaired) electrons. The quantitative estimate of drug-likeness (QED) is 0.167. The summed E-state index contributed by atoms with van der Waals surface area (Å²) in [6.45, 7) is 4.76. The van der Waals surface area contributed by atoms with Crippen molar-refractivity contribution in [3.8, 4) is 39.1 Å². The minimum atomic E-state index is -0.199. The van der Waals surface area contributed by atoms with E-state index in [0.717, 1.165) is 17.1 Å². The molecule has 1 aliphatic rings. The highest BCUT2D eigenvalue weighted by atomic mass is 15.1. The molecule has 0 N–H and O–H groups in total. The summed E-state index contributed by atoms with van der Waals surface area (Å²) >= 11 is 0. The predicted molar refractivity (Wildman–Crippen MR) is 237 cm³/mol. The molecule has 1 heterocycles. The molecule has 0 amide bonds. The molecule has 268 valence electrons. The van der Waals surface area contributed by atoms with Crippen LogP contribution in [-0.4, -0.2) is 4.57 Å². The molecule has 2 heteroatoms. The highest BCUT2D eigenvalue weighted by Crippen LogP contribution is 2.51. The second-order valence-electron chi connectivity index (χ2n) is 14.6. The smallest absolute Gasteiger partial charge is 0.0541 e. The minimum Gasteiger partial charge on any atom is -0.310 e. The Morgan fingerprint density at radius 1 is 0.382 bits per heavy atom. The summed E-state index contributed by atoms with van der Waals surface area (Å²) in [5, 5.41) is 2.56. The summed E-state index contributed by atoms with van der Waals surface area (Å²) in [4.78, 5) is 2.40. The van der Waals surface area contributed by atoms with Gasteiger partial charge in [0, 0.05) is 38.9 Å². The third-order valence-corrected chi connectivity index (χ3v) is 11.2. The Labute approximate surface area is 325 Å². The fraction of sp³-hybridized carbons (Fsp3) is 0.0943. The molecule has 2 nitrogen and oxygen atoms in total. The Kier molecular flexibility index (Phi) is 8.99. The van der Waals surface area contributed by atoms with E-state index < -0.39 is 0 Å². The van der Waals surface area contributed by atoms with Crippen LogP contribution in [0.5, 0.6) is 0 Å². The van der Waals surface area contributed by atoms with Gasteiger partial charge in [-0.3, -0.25) is 0 Å². The van der Waals surface area contributed by atoms with Crippen LogP contribution in [0.2, 0.25) is 0 Å². The van der Waals surface area contributed by atoms with E-state index in [2.05, 4.69) is 217 Å². The maximum absolute atomic E-state index is 2.43. The van der Waals surface area contributed by atoms with Gasteiger partial charge in [0.05, 0.1) is 11.0 Å². The van der Waals surface area contributed by atoms with Crippen LogP contribution in [0.3, 0.4) is 0 Å². The molecule has 0 atom stereocenters. The number of aromatic nitrogens is 1. The highest BCUT2D eigenvalue weighted by molar-refractivity contribution is 6.09. The molecule has 1 aromatic heterocycles. The summed E-state index contributed by atoms with van der Waals surface area (Å²) in [6, 6.07) is 70.7. The van der Waals surface area contributed by atoms with Crippen molar-refractivity contribution in [2.24, 2.45) is 0 Å². The number of hydrogen-bond acceptors (Lipinski definition) is 1. The van der Waals surface area contributed by atoms with E-state index in [9.17, 15) is 0 Å².